The fraction of sp³-hybridized carbons (Fsp3) is 0.882. The minimum absolute atomic E-state index is 0. The van der Waals surface area contributed by atoms with Crippen LogP contribution in [-0.4, -0.2) is 48.9 Å². The molecule has 0 saturated heterocycles. The van der Waals surface area contributed by atoms with Gasteiger partial charge in [-0.15, -0.1) is 24.0 Å². The van der Waals surface area contributed by atoms with Crippen molar-refractivity contribution in [1.82, 2.24) is 10.6 Å². The molecule has 6 nitrogen and oxygen atoms in total. The largest absolute Gasteiger partial charge is 0.459 e. The molecule has 24 heavy (non-hydrogen) atoms. The number of nitrogens with one attached hydrogen (secondary N) is 2. The molecule has 7 heteroatoms. The molecule has 0 amide bonds. The summed E-state index contributed by atoms with van der Waals surface area (Å²) in [6.07, 6.45) is 1.80. The highest BCUT2D eigenvalue weighted by Gasteiger charge is 2.16. The van der Waals surface area contributed by atoms with Gasteiger partial charge in [-0.3, -0.25) is 4.79 Å². The third-order valence-electron chi connectivity index (χ3n) is 3.03. The number of nitrogens with zero attached hydrogens (tertiary/aromatic N) is 1. The van der Waals surface area contributed by atoms with Gasteiger partial charge in [-0.1, -0.05) is 13.8 Å². The second-order valence-electron chi connectivity index (χ2n) is 7.17. The first-order valence-electron chi connectivity index (χ1n) is 8.52. The molecule has 0 spiro atoms. The standard InChI is InChI=1S/C17H35N3O3.HI/c1-7-18-16(20-12-15(22)23-17(4,5)6)19-11-14(8-9-21)10-13(2)3;/h13-14,21H,7-12H2,1-6H3,(H2,18,19,20);1H. The molecule has 0 rings (SSSR count). The van der Waals surface area contributed by atoms with E-state index < -0.39 is 5.60 Å². The Labute approximate surface area is 164 Å². The summed E-state index contributed by atoms with van der Waals surface area (Å²) in [6, 6.07) is 0. The van der Waals surface area contributed by atoms with Gasteiger partial charge in [0.15, 0.2) is 5.96 Å². The van der Waals surface area contributed by atoms with Gasteiger partial charge in [-0.25, -0.2) is 4.99 Å². The maximum absolute atomic E-state index is 11.7. The highest BCUT2D eigenvalue weighted by molar-refractivity contribution is 14.0. The van der Waals surface area contributed by atoms with Gasteiger partial charge in [0.05, 0.1) is 0 Å². The Morgan fingerprint density at radius 3 is 2.33 bits per heavy atom. The molecule has 3 N–H and O–H groups in total. The molecule has 1 unspecified atom stereocenters. The van der Waals surface area contributed by atoms with Crippen LogP contribution >= 0.6 is 24.0 Å². The lowest BCUT2D eigenvalue weighted by atomic mass is 9.94. The van der Waals surface area contributed by atoms with Crippen molar-refractivity contribution < 1.29 is 14.6 Å². The molecule has 144 valence electrons. The molecule has 1 atom stereocenters. The second-order valence-corrected chi connectivity index (χ2v) is 7.17. The Morgan fingerprint density at radius 1 is 1.25 bits per heavy atom. The number of aliphatic hydroxyl groups excluding tert-OH is 1. The van der Waals surface area contributed by atoms with Gasteiger partial charge in [0.1, 0.15) is 12.1 Å². The topological polar surface area (TPSA) is 83.0 Å². The van der Waals surface area contributed by atoms with Crippen LogP contribution in [0.25, 0.3) is 0 Å². The predicted octanol–water partition coefficient (Wildman–Crippen LogP) is 2.55. The third kappa shape index (κ3) is 15.0. The number of esters is 1. The molecule has 0 saturated carbocycles. The van der Waals surface area contributed by atoms with Crippen molar-refractivity contribution in [3.05, 3.63) is 0 Å². The van der Waals surface area contributed by atoms with Gasteiger partial charge >= 0.3 is 5.97 Å². The maximum atomic E-state index is 11.7. The van der Waals surface area contributed by atoms with E-state index in [1.807, 2.05) is 27.7 Å². The smallest absolute Gasteiger partial charge is 0.328 e. The van der Waals surface area contributed by atoms with Gasteiger partial charge in [0.25, 0.3) is 0 Å². The van der Waals surface area contributed by atoms with Crippen LogP contribution in [0.5, 0.6) is 0 Å². The molecular formula is C17H36IN3O3. The zero-order valence-electron chi connectivity index (χ0n) is 16.0. The molecule has 0 aliphatic carbocycles. The van der Waals surface area contributed by atoms with E-state index in [2.05, 4.69) is 29.5 Å². The monoisotopic (exact) mass is 457 g/mol. The summed E-state index contributed by atoms with van der Waals surface area (Å²) in [5.74, 6) is 1.22. The van der Waals surface area contributed by atoms with Gasteiger partial charge in [-0.2, -0.15) is 0 Å². The summed E-state index contributed by atoms with van der Waals surface area (Å²) < 4.78 is 5.25. The number of aliphatic hydroxyl groups is 1. The highest BCUT2D eigenvalue weighted by Crippen LogP contribution is 2.14. The fourth-order valence-corrected chi connectivity index (χ4v) is 2.25. The molecular weight excluding hydrogens is 421 g/mol. The number of halogens is 1. The van der Waals surface area contributed by atoms with Crippen LogP contribution in [0.4, 0.5) is 0 Å². The Morgan fingerprint density at radius 2 is 1.88 bits per heavy atom. The van der Waals surface area contributed by atoms with Crippen LogP contribution in [-0.2, 0) is 9.53 Å². The SMILES string of the molecule is CCNC(=NCC(=O)OC(C)(C)C)NCC(CCO)CC(C)C.I. The van der Waals surface area contributed by atoms with Crippen LogP contribution in [0, 0.1) is 11.8 Å². The Kier molecular flexibility index (Phi) is 14.6. The number of ether oxygens (including phenoxy) is 1. The van der Waals surface area contributed by atoms with Crippen molar-refractivity contribution in [1.29, 1.82) is 0 Å². The number of carbonyl (C=O) groups is 1. The van der Waals surface area contributed by atoms with Crippen LogP contribution in [0.3, 0.4) is 0 Å². The first kappa shape index (κ1) is 25.7. The van der Waals surface area contributed by atoms with E-state index in [1.54, 1.807) is 0 Å². The summed E-state index contributed by atoms with van der Waals surface area (Å²) in [6.45, 7) is 13.4. The zero-order valence-corrected chi connectivity index (χ0v) is 18.3. The molecule has 0 heterocycles. The average molecular weight is 457 g/mol. The average Bonchev–Trinajstić information content (AvgIpc) is 2.39. The molecule has 0 aliphatic heterocycles. The van der Waals surface area contributed by atoms with Crippen LogP contribution in [0.15, 0.2) is 4.99 Å². The Balaban J connectivity index is 0. The second kappa shape index (κ2) is 13.7. The van der Waals surface area contributed by atoms with Gasteiger partial charge < -0.3 is 20.5 Å². The van der Waals surface area contributed by atoms with E-state index in [9.17, 15) is 4.79 Å². The minimum Gasteiger partial charge on any atom is -0.459 e. The van der Waals surface area contributed by atoms with E-state index in [1.165, 1.54) is 0 Å². The third-order valence-corrected chi connectivity index (χ3v) is 3.03. The summed E-state index contributed by atoms with van der Waals surface area (Å²) in [4.78, 5) is 16.0. The van der Waals surface area contributed by atoms with Crippen molar-refractivity contribution in [2.45, 2.75) is 60.0 Å². The summed E-state index contributed by atoms with van der Waals surface area (Å²) in [5.41, 5.74) is -0.498. The van der Waals surface area contributed by atoms with E-state index in [4.69, 9.17) is 9.84 Å². The Hall–Kier alpha value is -0.570. The molecule has 0 aromatic heterocycles. The maximum Gasteiger partial charge on any atom is 0.328 e. The van der Waals surface area contributed by atoms with Crippen LogP contribution in [0.2, 0.25) is 0 Å². The van der Waals surface area contributed by atoms with Gasteiger partial charge in [0.2, 0.25) is 0 Å². The molecule has 0 bridgehead atoms. The van der Waals surface area contributed by atoms with E-state index >= 15 is 0 Å². The van der Waals surface area contributed by atoms with Crippen molar-refractivity contribution in [3.63, 3.8) is 0 Å². The van der Waals surface area contributed by atoms with Crippen LogP contribution in [0.1, 0.15) is 54.4 Å². The molecule has 0 radical (unpaired) electrons. The lowest BCUT2D eigenvalue weighted by molar-refractivity contribution is -0.152. The molecule has 0 aromatic carbocycles. The van der Waals surface area contributed by atoms with Crippen molar-refractivity contribution >= 4 is 35.9 Å². The zero-order chi connectivity index (χ0) is 17.9. The number of aliphatic imine (C=N–C) groups is 1. The van der Waals surface area contributed by atoms with Crippen molar-refractivity contribution in [3.8, 4) is 0 Å². The summed E-state index contributed by atoms with van der Waals surface area (Å²) >= 11 is 0. The van der Waals surface area contributed by atoms with E-state index in [0.29, 0.717) is 17.8 Å². The lowest BCUT2D eigenvalue weighted by Crippen LogP contribution is -2.40. The van der Waals surface area contributed by atoms with Gasteiger partial charge in [0, 0.05) is 19.7 Å². The number of hydrogen-bond acceptors (Lipinski definition) is 4. The summed E-state index contributed by atoms with van der Waals surface area (Å²) in [7, 11) is 0. The number of hydrogen-bond donors (Lipinski definition) is 3. The Bertz CT molecular complexity index is 369. The number of rotatable bonds is 9. The quantitative estimate of drug-likeness (QED) is 0.215. The van der Waals surface area contributed by atoms with Crippen molar-refractivity contribution in [2.75, 3.05) is 26.2 Å². The highest BCUT2D eigenvalue weighted by atomic mass is 127. The van der Waals surface area contributed by atoms with Gasteiger partial charge in [-0.05, 0) is 52.4 Å². The molecule has 0 aliphatic rings. The fourth-order valence-electron chi connectivity index (χ4n) is 2.25. The van der Waals surface area contributed by atoms with E-state index in [-0.39, 0.29) is 43.1 Å². The molecule has 0 fully saturated rings. The lowest BCUT2D eigenvalue weighted by Gasteiger charge is -2.21. The summed E-state index contributed by atoms with van der Waals surface area (Å²) in [5, 5.41) is 15.5. The molecule has 0 aromatic rings. The van der Waals surface area contributed by atoms with Crippen molar-refractivity contribution in [2.24, 2.45) is 16.8 Å². The first-order valence-corrected chi connectivity index (χ1v) is 8.52. The number of carbonyl (C=O) groups excluding carboxylic acids is 1. The minimum atomic E-state index is -0.498. The number of guanidine groups is 1. The van der Waals surface area contributed by atoms with Crippen LogP contribution < -0.4 is 10.6 Å². The first-order chi connectivity index (χ1) is 10.7. The van der Waals surface area contributed by atoms with E-state index in [0.717, 1.165) is 25.9 Å². The normalized spacial score (nSPS) is 13.2. The predicted molar refractivity (Wildman–Crippen MR) is 110 cm³/mol.